The van der Waals surface area contributed by atoms with Crippen molar-refractivity contribution in [2.24, 2.45) is 0 Å². The van der Waals surface area contributed by atoms with E-state index in [0.29, 0.717) is 37.0 Å². The molecule has 0 unspecified atom stereocenters. The van der Waals surface area contributed by atoms with Crippen molar-refractivity contribution in [3.05, 3.63) is 60.2 Å². The Morgan fingerprint density at radius 2 is 2.24 bits per heavy atom. The van der Waals surface area contributed by atoms with Crippen molar-refractivity contribution in [2.45, 2.75) is 18.9 Å². The highest BCUT2D eigenvalue weighted by atomic mass is 16.5. The second kappa shape index (κ2) is 6.72. The zero-order valence-electron chi connectivity index (χ0n) is 13.4. The van der Waals surface area contributed by atoms with Gasteiger partial charge in [0.25, 0.3) is 0 Å². The normalized spacial score (nSPS) is 16.6. The van der Waals surface area contributed by atoms with Crippen molar-refractivity contribution >= 4 is 5.91 Å². The summed E-state index contributed by atoms with van der Waals surface area (Å²) < 4.78 is 11.1. The van der Waals surface area contributed by atoms with Gasteiger partial charge in [-0.1, -0.05) is 23.4 Å². The average Bonchev–Trinajstić information content (AvgIpc) is 3.30. The van der Waals surface area contributed by atoms with Gasteiger partial charge in [0.1, 0.15) is 12.4 Å². The summed E-state index contributed by atoms with van der Waals surface area (Å²) in [4.78, 5) is 19.8. The van der Waals surface area contributed by atoms with Gasteiger partial charge >= 0.3 is 0 Å². The van der Waals surface area contributed by atoms with Crippen LogP contribution in [-0.4, -0.2) is 27.6 Å². The lowest BCUT2D eigenvalue weighted by molar-refractivity contribution is -0.119. The van der Waals surface area contributed by atoms with Crippen LogP contribution in [0.15, 0.2) is 53.3 Å². The molecule has 1 N–H and O–H groups in total. The summed E-state index contributed by atoms with van der Waals surface area (Å²) in [5.74, 6) is 1.64. The lowest BCUT2D eigenvalue weighted by Crippen LogP contribution is -2.13. The Bertz CT molecular complexity index is 879. The zero-order chi connectivity index (χ0) is 17.1. The summed E-state index contributed by atoms with van der Waals surface area (Å²) in [5.41, 5.74) is 1.80. The predicted octanol–water partition coefficient (Wildman–Crippen LogP) is 2.31. The smallest absolute Gasteiger partial charge is 0.232 e. The molecule has 126 valence electrons. The Kier molecular flexibility index (Phi) is 4.12. The van der Waals surface area contributed by atoms with Crippen LogP contribution in [0.4, 0.5) is 0 Å². The minimum Gasteiger partial charge on any atom is -0.489 e. The van der Waals surface area contributed by atoms with E-state index < -0.39 is 0 Å². The van der Waals surface area contributed by atoms with Crippen LogP contribution < -0.4 is 10.1 Å². The van der Waals surface area contributed by atoms with Crippen molar-refractivity contribution < 1.29 is 14.1 Å². The number of rotatable bonds is 5. The maximum Gasteiger partial charge on any atom is 0.232 e. The Morgan fingerprint density at radius 1 is 1.28 bits per heavy atom. The van der Waals surface area contributed by atoms with Gasteiger partial charge in [-0.2, -0.15) is 4.98 Å². The fourth-order valence-corrected chi connectivity index (χ4v) is 2.67. The molecule has 2 aromatic heterocycles. The number of aromatic nitrogens is 3. The molecule has 7 heteroatoms. The number of hydrogen-bond donors (Lipinski definition) is 1. The van der Waals surface area contributed by atoms with Gasteiger partial charge in [0, 0.05) is 36.5 Å². The van der Waals surface area contributed by atoms with Gasteiger partial charge < -0.3 is 14.6 Å². The predicted molar refractivity (Wildman–Crippen MR) is 88.7 cm³/mol. The molecular formula is C18H16N4O3. The van der Waals surface area contributed by atoms with E-state index in [1.807, 2.05) is 36.4 Å². The Labute approximate surface area is 144 Å². The molecule has 25 heavy (non-hydrogen) atoms. The highest BCUT2D eigenvalue weighted by Gasteiger charge is 2.28. The van der Waals surface area contributed by atoms with Crippen LogP contribution in [0, 0.1) is 0 Å². The molecular weight excluding hydrogens is 320 g/mol. The molecule has 1 amide bonds. The molecule has 1 fully saturated rings. The van der Waals surface area contributed by atoms with Gasteiger partial charge in [0.15, 0.2) is 0 Å². The van der Waals surface area contributed by atoms with E-state index >= 15 is 0 Å². The number of carbonyl (C=O) groups excluding carboxylic acids is 1. The first-order valence-electron chi connectivity index (χ1n) is 8.00. The number of amides is 1. The van der Waals surface area contributed by atoms with Crippen LogP contribution in [0.25, 0.3) is 11.4 Å². The van der Waals surface area contributed by atoms with E-state index in [1.165, 1.54) is 0 Å². The second-order valence-electron chi connectivity index (χ2n) is 5.84. The Balaban J connectivity index is 1.48. The van der Waals surface area contributed by atoms with Crippen molar-refractivity contribution in [2.75, 3.05) is 6.54 Å². The number of hydrogen-bond acceptors (Lipinski definition) is 6. The van der Waals surface area contributed by atoms with Crippen molar-refractivity contribution in [1.82, 2.24) is 20.4 Å². The van der Waals surface area contributed by atoms with E-state index in [0.717, 1.165) is 11.1 Å². The van der Waals surface area contributed by atoms with Gasteiger partial charge in [-0.05, 0) is 18.2 Å². The molecule has 4 rings (SSSR count). The maximum atomic E-state index is 11.3. The standard InChI is InChI=1S/C18H16N4O3/c23-16-8-14(10-20-16)18-21-17(22-25-18)13-4-1-5-15(7-13)24-11-12-3-2-6-19-9-12/h1-7,9,14H,8,10-11H2,(H,20,23)/t14-/m1/s1. The first-order chi connectivity index (χ1) is 12.3. The summed E-state index contributed by atoms with van der Waals surface area (Å²) in [7, 11) is 0. The Hall–Kier alpha value is -3.22. The summed E-state index contributed by atoms with van der Waals surface area (Å²) in [6.45, 7) is 0.972. The minimum atomic E-state index is -0.0567. The summed E-state index contributed by atoms with van der Waals surface area (Å²) in [5, 5.41) is 6.79. The topological polar surface area (TPSA) is 90.1 Å². The van der Waals surface area contributed by atoms with Crippen LogP contribution in [-0.2, 0) is 11.4 Å². The van der Waals surface area contributed by atoms with E-state index in [4.69, 9.17) is 9.26 Å². The average molecular weight is 336 g/mol. The number of ether oxygens (including phenoxy) is 1. The molecule has 1 aromatic carbocycles. The molecule has 1 atom stereocenters. The number of pyridine rings is 1. The second-order valence-corrected chi connectivity index (χ2v) is 5.84. The van der Waals surface area contributed by atoms with E-state index in [2.05, 4.69) is 20.4 Å². The quantitative estimate of drug-likeness (QED) is 0.769. The molecule has 1 saturated heterocycles. The van der Waals surface area contributed by atoms with Crippen LogP contribution in [0.3, 0.4) is 0 Å². The van der Waals surface area contributed by atoms with E-state index in [9.17, 15) is 4.79 Å². The summed E-state index contributed by atoms with van der Waals surface area (Å²) in [6.07, 6.45) is 3.88. The van der Waals surface area contributed by atoms with Gasteiger partial charge in [-0.25, -0.2) is 0 Å². The van der Waals surface area contributed by atoms with Crippen molar-refractivity contribution in [3.8, 4) is 17.1 Å². The number of nitrogens with zero attached hydrogens (tertiary/aromatic N) is 3. The highest BCUT2D eigenvalue weighted by Crippen LogP contribution is 2.26. The summed E-state index contributed by atoms with van der Waals surface area (Å²) >= 11 is 0. The fraction of sp³-hybridized carbons (Fsp3) is 0.222. The molecule has 0 radical (unpaired) electrons. The first kappa shape index (κ1) is 15.3. The molecule has 1 aliphatic rings. The molecule has 0 saturated carbocycles. The number of benzene rings is 1. The summed E-state index contributed by atoms with van der Waals surface area (Å²) in [6, 6.07) is 11.3. The van der Waals surface area contributed by atoms with Crippen LogP contribution in [0.1, 0.15) is 23.8 Å². The van der Waals surface area contributed by atoms with Crippen LogP contribution >= 0.6 is 0 Å². The van der Waals surface area contributed by atoms with Gasteiger partial charge in [-0.15, -0.1) is 0 Å². The monoisotopic (exact) mass is 336 g/mol. The van der Waals surface area contributed by atoms with Crippen molar-refractivity contribution in [1.29, 1.82) is 0 Å². The molecule has 3 heterocycles. The lowest BCUT2D eigenvalue weighted by atomic mass is 10.1. The molecule has 0 bridgehead atoms. The molecule has 0 spiro atoms. The van der Waals surface area contributed by atoms with Gasteiger partial charge in [-0.3, -0.25) is 9.78 Å². The van der Waals surface area contributed by atoms with Crippen molar-refractivity contribution in [3.63, 3.8) is 0 Å². The molecule has 3 aromatic rings. The van der Waals surface area contributed by atoms with E-state index in [1.54, 1.807) is 12.4 Å². The molecule has 1 aliphatic heterocycles. The first-order valence-corrected chi connectivity index (χ1v) is 8.00. The van der Waals surface area contributed by atoms with Crippen LogP contribution in [0.2, 0.25) is 0 Å². The largest absolute Gasteiger partial charge is 0.489 e. The third kappa shape index (κ3) is 3.50. The number of carbonyl (C=O) groups is 1. The third-order valence-electron chi connectivity index (χ3n) is 3.99. The Morgan fingerprint density at radius 3 is 3.04 bits per heavy atom. The minimum absolute atomic E-state index is 0.00977. The van der Waals surface area contributed by atoms with E-state index in [-0.39, 0.29) is 11.8 Å². The highest BCUT2D eigenvalue weighted by molar-refractivity contribution is 5.79. The molecule has 0 aliphatic carbocycles. The van der Waals surface area contributed by atoms with Gasteiger partial charge in [0.05, 0.1) is 5.92 Å². The fourth-order valence-electron chi connectivity index (χ4n) is 2.67. The van der Waals surface area contributed by atoms with Crippen LogP contribution in [0.5, 0.6) is 5.75 Å². The number of nitrogens with one attached hydrogen (secondary N) is 1. The lowest BCUT2D eigenvalue weighted by Gasteiger charge is -2.06. The zero-order valence-corrected chi connectivity index (χ0v) is 13.4. The molecule has 7 nitrogen and oxygen atoms in total. The third-order valence-corrected chi connectivity index (χ3v) is 3.99. The maximum absolute atomic E-state index is 11.3. The van der Waals surface area contributed by atoms with Gasteiger partial charge in [0.2, 0.25) is 17.6 Å². The SMILES string of the molecule is O=C1C[C@@H](c2nc(-c3cccc(OCc4cccnc4)c3)no2)CN1.